The van der Waals surface area contributed by atoms with E-state index < -0.39 is 5.60 Å². The molecule has 1 aromatic heterocycles. The van der Waals surface area contributed by atoms with Crippen LogP contribution in [-0.2, 0) is 11.3 Å². The van der Waals surface area contributed by atoms with E-state index in [-0.39, 0.29) is 17.9 Å². The molecule has 1 aliphatic rings. The lowest BCUT2D eigenvalue weighted by atomic mass is 10.0. The molecule has 2 aromatic rings. The molecule has 1 aliphatic heterocycles. The van der Waals surface area contributed by atoms with E-state index in [1.54, 1.807) is 27.8 Å². The molecule has 24 heavy (non-hydrogen) atoms. The van der Waals surface area contributed by atoms with Crippen LogP contribution in [-0.4, -0.2) is 22.6 Å². The van der Waals surface area contributed by atoms with Crippen LogP contribution in [0.15, 0.2) is 51.9 Å². The van der Waals surface area contributed by atoms with E-state index in [0.29, 0.717) is 18.8 Å². The number of aromatic nitrogens is 1. The third-order valence-corrected chi connectivity index (χ3v) is 4.40. The molecule has 126 valence electrons. The molecular formula is C18H19BrN2O3. The number of ether oxygens (including phenoxy) is 1. The van der Waals surface area contributed by atoms with Crippen molar-refractivity contribution in [2.24, 2.45) is 0 Å². The highest BCUT2D eigenvalue weighted by Crippen LogP contribution is 2.39. The van der Waals surface area contributed by atoms with Gasteiger partial charge in [-0.3, -0.25) is 9.59 Å². The van der Waals surface area contributed by atoms with E-state index in [2.05, 4.69) is 15.9 Å². The van der Waals surface area contributed by atoms with Crippen molar-refractivity contribution in [3.8, 4) is 5.75 Å². The van der Waals surface area contributed by atoms with Crippen LogP contribution < -0.4 is 15.2 Å². The van der Waals surface area contributed by atoms with Crippen molar-refractivity contribution in [3.05, 3.63) is 57.4 Å². The largest absolute Gasteiger partial charge is 0.484 e. The second kappa shape index (κ2) is 6.43. The summed E-state index contributed by atoms with van der Waals surface area (Å²) in [7, 11) is 0. The van der Waals surface area contributed by atoms with Crippen LogP contribution in [0.3, 0.4) is 0 Å². The van der Waals surface area contributed by atoms with Crippen LogP contribution in [0.2, 0.25) is 0 Å². The molecule has 0 radical (unpaired) electrons. The van der Waals surface area contributed by atoms with Gasteiger partial charge >= 0.3 is 0 Å². The number of hydrogen-bond acceptors (Lipinski definition) is 3. The SMILES string of the molecule is CC1(C)CN(C(=O)CCn2ccccc2=O)c2ccc(Br)cc2O1. The van der Waals surface area contributed by atoms with Crippen molar-refractivity contribution in [1.82, 2.24) is 4.57 Å². The van der Waals surface area contributed by atoms with Crippen LogP contribution in [0.1, 0.15) is 20.3 Å². The molecule has 0 fully saturated rings. The van der Waals surface area contributed by atoms with Crippen molar-refractivity contribution >= 4 is 27.5 Å². The lowest BCUT2D eigenvalue weighted by molar-refractivity contribution is -0.119. The van der Waals surface area contributed by atoms with Crippen molar-refractivity contribution in [2.45, 2.75) is 32.4 Å². The second-order valence-electron chi connectivity index (χ2n) is 6.44. The number of pyridine rings is 1. The van der Waals surface area contributed by atoms with Gasteiger partial charge in [-0.15, -0.1) is 0 Å². The molecule has 0 saturated carbocycles. The maximum absolute atomic E-state index is 12.8. The molecule has 2 heterocycles. The third kappa shape index (κ3) is 3.53. The minimum atomic E-state index is -0.465. The highest BCUT2D eigenvalue weighted by atomic mass is 79.9. The van der Waals surface area contributed by atoms with Gasteiger partial charge in [0.05, 0.1) is 12.2 Å². The van der Waals surface area contributed by atoms with Gasteiger partial charge in [-0.25, -0.2) is 0 Å². The zero-order valence-corrected chi connectivity index (χ0v) is 15.2. The highest BCUT2D eigenvalue weighted by molar-refractivity contribution is 9.10. The smallest absolute Gasteiger partial charge is 0.250 e. The predicted molar refractivity (Wildman–Crippen MR) is 96.5 cm³/mol. The van der Waals surface area contributed by atoms with E-state index in [0.717, 1.165) is 10.2 Å². The lowest BCUT2D eigenvalue weighted by Gasteiger charge is -2.39. The molecule has 1 amide bonds. The van der Waals surface area contributed by atoms with Crippen LogP contribution in [0.4, 0.5) is 5.69 Å². The summed E-state index contributed by atoms with van der Waals surface area (Å²) < 4.78 is 8.44. The summed E-state index contributed by atoms with van der Waals surface area (Å²) in [6.07, 6.45) is 1.96. The number of benzene rings is 1. The molecule has 3 rings (SSSR count). The summed E-state index contributed by atoms with van der Waals surface area (Å²) in [5.74, 6) is 0.663. The molecule has 1 aromatic carbocycles. The van der Waals surface area contributed by atoms with Gasteiger partial charge in [0.2, 0.25) is 5.91 Å². The Morgan fingerprint density at radius 1 is 1.29 bits per heavy atom. The van der Waals surface area contributed by atoms with Crippen LogP contribution >= 0.6 is 15.9 Å². The Bertz CT molecular complexity index is 829. The summed E-state index contributed by atoms with van der Waals surface area (Å²) in [5, 5.41) is 0. The molecule has 0 N–H and O–H groups in total. The van der Waals surface area contributed by atoms with Gasteiger partial charge in [0.15, 0.2) is 0 Å². The summed E-state index contributed by atoms with van der Waals surface area (Å²) in [5.41, 5.74) is 0.201. The topological polar surface area (TPSA) is 51.5 Å². The van der Waals surface area contributed by atoms with Crippen LogP contribution in [0, 0.1) is 0 Å². The first kappa shape index (κ1) is 16.8. The summed E-state index contributed by atoms with van der Waals surface area (Å²) >= 11 is 3.43. The van der Waals surface area contributed by atoms with Crippen molar-refractivity contribution in [2.75, 3.05) is 11.4 Å². The lowest BCUT2D eigenvalue weighted by Crippen LogP contribution is -2.49. The summed E-state index contributed by atoms with van der Waals surface area (Å²) in [6.45, 7) is 4.75. The monoisotopic (exact) mass is 390 g/mol. The Kier molecular flexibility index (Phi) is 4.49. The number of rotatable bonds is 3. The Labute approximate surface area is 149 Å². The summed E-state index contributed by atoms with van der Waals surface area (Å²) in [4.78, 5) is 26.3. The van der Waals surface area contributed by atoms with Gasteiger partial charge in [-0.2, -0.15) is 0 Å². The fourth-order valence-corrected chi connectivity index (χ4v) is 3.15. The Morgan fingerprint density at radius 2 is 2.08 bits per heavy atom. The first-order chi connectivity index (χ1) is 11.4. The number of halogens is 1. The van der Waals surface area contributed by atoms with E-state index in [1.807, 2.05) is 32.0 Å². The van der Waals surface area contributed by atoms with E-state index >= 15 is 0 Å². The molecule has 0 bridgehead atoms. The predicted octanol–water partition coefficient (Wildman–Crippen LogP) is 3.21. The van der Waals surface area contributed by atoms with E-state index in [1.165, 1.54) is 6.07 Å². The van der Waals surface area contributed by atoms with E-state index in [9.17, 15) is 9.59 Å². The maximum atomic E-state index is 12.8. The number of carbonyl (C=O) groups excluding carboxylic acids is 1. The molecule has 0 aliphatic carbocycles. The number of aryl methyl sites for hydroxylation is 1. The average Bonchev–Trinajstić information content (AvgIpc) is 2.51. The molecule has 5 nitrogen and oxygen atoms in total. The molecule has 6 heteroatoms. The number of amides is 1. The first-order valence-corrected chi connectivity index (χ1v) is 8.59. The Balaban J connectivity index is 1.82. The first-order valence-electron chi connectivity index (χ1n) is 7.80. The quantitative estimate of drug-likeness (QED) is 0.808. The van der Waals surface area contributed by atoms with Crippen LogP contribution in [0.5, 0.6) is 5.75 Å². The van der Waals surface area contributed by atoms with Gasteiger partial charge in [-0.05, 0) is 38.1 Å². The third-order valence-electron chi connectivity index (χ3n) is 3.90. The number of anilines is 1. The van der Waals surface area contributed by atoms with Crippen LogP contribution in [0.25, 0.3) is 0 Å². The van der Waals surface area contributed by atoms with Gasteiger partial charge in [0.1, 0.15) is 11.4 Å². The van der Waals surface area contributed by atoms with Crippen molar-refractivity contribution < 1.29 is 9.53 Å². The molecule has 0 atom stereocenters. The fraction of sp³-hybridized carbons (Fsp3) is 0.333. The summed E-state index contributed by atoms with van der Waals surface area (Å²) in [6, 6.07) is 10.6. The van der Waals surface area contributed by atoms with Gasteiger partial charge in [-0.1, -0.05) is 22.0 Å². The minimum Gasteiger partial charge on any atom is -0.484 e. The Hall–Kier alpha value is -2.08. The molecule has 0 spiro atoms. The number of nitrogens with zero attached hydrogens (tertiary/aromatic N) is 2. The number of hydrogen-bond donors (Lipinski definition) is 0. The zero-order valence-electron chi connectivity index (χ0n) is 13.7. The standard InChI is InChI=1S/C18H19BrN2O3/c1-18(2)12-21(14-7-6-13(19)11-15(14)24-18)17(23)8-10-20-9-4-3-5-16(20)22/h3-7,9,11H,8,10,12H2,1-2H3. The normalized spacial score (nSPS) is 15.5. The maximum Gasteiger partial charge on any atom is 0.250 e. The number of carbonyl (C=O) groups is 1. The highest BCUT2D eigenvalue weighted by Gasteiger charge is 2.34. The van der Waals surface area contributed by atoms with Gasteiger partial charge < -0.3 is 14.2 Å². The fourth-order valence-electron chi connectivity index (χ4n) is 2.81. The van der Waals surface area contributed by atoms with Gasteiger partial charge in [0, 0.05) is 29.7 Å². The van der Waals surface area contributed by atoms with Gasteiger partial charge in [0.25, 0.3) is 5.56 Å². The average molecular weight is 391 g/mol. The molecule has 0 saturated heterocycles. The minimum absolute atomic E-state index is 0.0225. The second-order valence-corrected chi connectivity index (χ2v) is 7.35. The molecular weight excluding hydrogens is 372 g/mol. The van der Waals surface area contributed by atoms with Crippen molar-refractivity contribution in [3.63, 3.8) is 0 Å². The van der Waals surface area contributed by atoms with Crippen molar-refractivity contribution in [1.29, 1.82) is 0 Å². The molecule has 0 unspecified atom stereocenters. The van der Waals surface area contributed by atoms with E-state index in [4.69, 9.17) is 4.74 Å². The zero-order chi connectivity index (χ0) is 17.3. The number of fused-ring (bicyclic) bond motifs is 1. The Morgan fingerprint density at radius 3 is 2.83 bits per heavy atom.